The van der Waals surface area contributed by atoms with Crippen LogP contribution in [0.2, 0.25) is 0 Å². The molecule has 0 aromatic rings. The van der Waals surface area contributed by atoms with E-state index in [1.807, 2.05) is 0 Å². The number of carbonyl (C=O) groups is 1. The number of hydrogen-bond acceptors (Lipinski definition) is 2. The SMILES string of the molecule is C=CCOCC(=CC)C(=O)O. The summed E-state index contributed by atoms with van der Waals surface area (Å²) in [7, 11) is 0. The van der Waals surface area contributed by atoms with E-state index in [2.05, 4.69) is 6.58 Å². The molecule has 3 heteroatoms. The van der Waals surface area contributed by atoms with Crippen LogP contribution in [-0.2, 0) is 9.53 Å². The molecule has 0 saturated carbocycles. The molecule has 0 bridgehead atoms. The highest BCUT2D eigenvalue weighted by atomic mass is 16.5. The highest BCUT2D eigenvalue weighted by Gasteiger charge is 2.03. The van der Waals surface area contributed by atoms with Gasteiger partial charge < -0.3 is 9.84 Å². The molecule has 0 saturated heterocycles. The van der Waals surface area contributed by atoms with Crippen molar-refractivity contribution in [1.29, 1.82) is 0 Å². The van der Waals surface area contributed by atoms with Crippen molar-refractivity contribution in [2.75, 3.05) is 13.2 Å². The summed E-state index contributed by atoms with van der Waals surface area (Å²) in [5.74, 6) is -0.934. The van der Waals surface area contributed by atoms with E-state index in [1.54, 1.807) is 13.0 Å². The molecule has 0 rings (SSSR count). The lowest BCUT2D eigenvalue weighted by atomic mass is 10.3. The summed E-state index contributed by atoms with van der Waals surface area (Å²) < 4.78 is 4.93. The van der Waals surface area contributed by atoms with E-state index in [4.69, 9.17) is 9.84 Å². The van der Waals surface area contributed by atoms with Crippen LogP contribution in [0.3, 0.4) is 0 Å². The first-order chi connectivity index (χ1) is 5.22. The lowest BCUT2D eigenvalue weighted by Crippen LogP contribution is -2.07. The Morgan fingerprint density at radius 3 is 2.73 bits per heavy atom. The van der Waals surface area contributed by atoms with E-state index in [0.29, 0.717) is 6.61 Å². The first-order valence-electron chi connectivity index (χ1n) is 3.29. The lowest BCUT2D eigenvalue weighted by Gasteiger charge is -2.00. The molecule has 0 aliphatic rings. The molecular formula is C8H12O3. The standard InChI is InChI=1S/C8H12O3/c1-3-5-11-6-7(4-2)8(9)10/h3-4H,1,5-6H2,2H3,(H,9,10). The molecule has 3 nitrogen and oxygen atoms in total. The molecule has 0 fully saturated rings. The molecular weight excluding hydrogens is 144 g/mol. The highest BCUT2D eigenvalue weighted by molar-refractivity contribution is 5.86. The van der Waals surface area contributed by atoms with Crippen LogP contribution in [0.1, 0.15) is 6.92 Å². The third-order valence-corrected chi connectivity index (χ3v) is 1.12. The summed E-state index contributed by atoms with van der Waals surface area (Å²) in [4.78, 5) is 10.4. The zero-order chi connectivity index (χ0) is 8.69. The van der Waals surface area contributed by atoms with Gasteiger partial charge in [-0.3, -0.25) is 0 Å². The maximum absolute atomic E-state index is 10.4. The maximum atomic E-state index is 10.4. The molecule has 11 heavy (non-hydrogen) atoms. The van der Waals surface area contributed by atoms with E-state index in [9.17, 15) is 4.79 Å². The lowest BCUT2D eigenvalue weighted by molar-refractivity contribution is -0.133. The van der Waals surface area contributed by atoms with Crippen LogP contribution < -0.4 is 0 Å². The zero-order valence-corrected chi connectivity index (χ0v) is 6.54. The van der Waals surface area contributed by atoms with Gasteiger partial charge in [-0.15, -0.1) is 6.58 Å². The van der Waals surface area contributed by atoms with E-state index in [1.165, 1.54) is 6.08 Å². The summed E-state index contributed by atoms with van der Waals surface area (Å²) in [5.41, 5.74) is 0.270. The van der Waals surface area contributed by atoms with Crippen molar-refractivity contribution in [3.8, 4) is 0 Å². The van der Waals surface area contributed by atoms with Gasteiger partial charge in [0.1, 0.15) is 0 Å². The first-order valence-corrected chi connectivity index (χ1v) is 3.29. The van der Waals surface area contributed by atoms with E-state index in [-0.39, 0.29) is 12.2 Å². The first kappa shape index (κ1) is 9.91. The Morgan fingerprint density at radius 1 is 1.73 bits per heavy atom. The van der Waals surface area contributed by atoms with Gasteiger partial charge in [0.05, 0.1) is 18.8 Å². The van der Waals surface area contributed by atoms with E-state index in [0.717, 1.165) is 0 Å². The number of carboxylic acid groups (broad SMARTS) is 1. The fourth-order valence-corrected chi connectivity index (χ4v) is 0.521. The number of aliphatic carboxylic acids is 1. The summed E-state index contributed by atoms with van der Waals surface area (Å²) in [6.07, 6.45) is 3.10. The zero-order valence-electron chi connectivity index (χ0n) is 6.54. The van der Waals surface area contributed by atoms with Gasteiger partial charge in [0.25, 0.3) is 0 Å². The molecule has 0 atom stereocenters. The van der Waals surface area contributed by atoms with Crippen molar-refractivity contribution in [3.05, 3.63) is 24.3 Å². The van der Waals surface area contributed by atoms with Crippen molar-refractivity contribution >= 4 is 5.97 Å². The van der Waals surface area contributed by atoms with Gasteiger partial charge in [-0.1, -0.05) is 12.2 Å². The van der Waals surface area contributed by atoms with Crippen molar-refractivity contribution < 1.29 is 14.6 Å². The smallest absolute Gasteiger partial charge is 0.333 e. The van der Waals surface area contributed by atoms with Crippen LogP contribution in [-0.4, -0.2) is 24.3 Å². The third-order valence-electron chi connectivity index (χ3n) is 1.12. The van der Waals surface area contributed by atoms with Crippen molar-refractivity contribution in [2.24, 2.45) is 0 Å². The minimum Gasteiger partial charge on any atom is -0.478 e. The fourth-order valence-electron chi connectivity index (χ4n) is 0.521. The maximum Gasteiger partial charge on any atom is 0.333 e. The van der Waals surface area contributed by atoms with Crippen molar-refractivity contribution in [2.45, 2.75) is 6.92 Å². The van der Waals surface area contributed by atoms with Gasteiger partial charge in [-0.05, 0) is 6.92 Å². The molecule has 0 spiro atoms. The minimum absolute atomic E-state index is 0.137. The van der Waals surface area contributed by atoms with Crippen molar-refractivity contribution in [3.63, 3.8) is 0 Å². The van der Waals surface area contributed by atoms with Crippen LogP contribution in [0.25, 0.3) is 0 Å². The summed E-state index contributed by atoms with van der Waals surface area (Å²) in [6.45, 7) is 5.62. The van der Waals surface area contributed by atoms with Crippen molar-refractivity contribution in [1.82, 2.24) is 0 Å². The highest BCUT2D eigenvalue weighted by Crippen LogP contribution is 1.94. The van der Waals surface area contributed by atoms with E-state index < -0.39 is 5.97 Å². The predicted molar refractivity (Wildman–Crippen MR) is 42.4 cm³/mol. The van der Waals surface area contributed by atoms with Crippen LogP contribution in [0, 0.1) is 0 Å². The molecule has 0 amide bonds. The summed E-state index contributed by atoms with van der Waals surface area (Å²) in [6, 6.07) is 0. The van der Waals surface area contributed by atoms with Crippen LogP contribution in [0.15, 0.2) is 24.3 Å². The number of allylic oxidation sites excluding steroid dienone is 1. The van der Waals surface area contributed by atoms with E-state index >= 15 is 0 Å². The molecule has 0 aliphatic heterocycles. The van der Waals surface area contributed by atoms with Gasteiger partial charge in [-0.2, -0.15) is 0 Å². The second-order valence-corrected chi connectivity index (χ2v) is 1.92. The molecule has 0 heterocycles. The minimum atomic E-state index is -0.934. The van der Waals surface area contributed by atoms with Crippen LogP contribution >= 0.6 is 0 Å². The Hall–Kier alpha value is -1.09. The van der Waals surface area contributed by atoms with Crippen LogP contribution in [0.5, 0.6) is 0 Å². The van der Waals surface area contributed by atoms with Gasteiger partial charge in [0.2, 0.25) is 0 Å². The summed E-state index contributed by atoms with van der Waals surface area (Å²) >= 11 is 0. The second kappa shape index (κ2) is 5.68. The average Bonchev–Trinajstić information content (AvgIpc) is 1.97. The topological polar surface area (TPSA) is 46.5 Å². The second-order valence-electron chi connectivity index (χ2n) is 1.92. The summed E-state index contributed by atoms with van der Waals surface area (Å²) in [5, 5.41) is 8.50. The Morgan fingerprint density at radius 2 is 2.36 bits per heavy atom. The molecule has 0 radical (unpaired) electrons. The predicted octanol–water partition coefficient (Wildman–Crippen LogP) is 1.22. The molecule has 0 aliphatic carbocycles. The molecule has 0 unspecified atom stereocenters. The third kappa shape index (κ3) is 4.33. The fraction of sp³-hybridized carbons (Fsp3) is 0.375. The van der Waals surface area contributed by atoms with Crippen LogP contribution in [0.4, 0.5) is 0 Å². The molecule has 1 N–H and O–H groups in total. The van der Waals surface area contributed by atoms with Gasteiger partial charge >= 0.3 is 5.97 Å². The van der Waals surface area contributed by atoms with Gasteiger partial charge in [0, 0.05) is 0 Å². The molecule has 62 valence electrons. The Kier molecular flexibility index (Phi) is 5.11. The largest absolute Gasteiger partial charge is 0.478 e. The normalized spacial score (nSPS) is 11.2. The Labute approximate surface area is 66.0 Å². The monoisotopic (exact) mass is 156 g/mol. The Bertz CT molecular complexity index is 170. The average molecular weight is 156 g/mol. The number of carboxylic acids is 1. The quantitative estimate of drug-likeness (QED) is 0.370. The number of rotatable bonds is 5. The van der Waals surface area contributed by atoms with Gasteiger partial charge in [-0.25, -0.2) is 4.79 Å². The number of ether oxygens (including phenoxy) is 1. The molecule has 0 aromatic heterocycles. The Balaban J connectivity index is 3.72. The van der Waals surface area contributed by atoms with Gasteiger partial charge in [0.15, 0.2) is 0 Å². The number of hydrogen-bond donors (Lipinski definition) is 1. The molecule has 0 aromatic carbocycles.